The topological polar surface area (TPSA) is 72.2 Å². The van der Waals surface area contributed by atoms with E-state index in [1.165, 1.54) is 31.7 Å². The Hall–Kier alpha value is -1.07. The predicted octanol–water partition coefficient (Wildman–Crippen LogP) is 2.57. The lowest BCUT2D eigenvalue weighted by atomic mass is 9.82. The highest BCUT2D eigenvalue weighted by atomic mass is 32.2. The molecule has 1 aromatic rings. The third-order valence-electron chi connectivity index (χ3n) is 3.80. The van der Waals surface area contributed by atoms with E-state index in [-0.39, 0.29) is 4.90 Å². The van der Waals surface area contributed by atoms with E-state index in [0.717, 1.165) is 18.2 Å². The molecule has 0 bridgehead atoms. The highest BCUT2D eigenvalue weighted by Crippen LogP contribution is 2.28. The second-order valence-electron chi connectivity index (χ2n) is 5.59. The summed E-state index contributed by atoms with van der Waals surface area (Å²) in [6.07, 6.45) is 5.14. The van der Waals surface area contributed by atoms with Crippen molar-refractivity contribution >= 4 is 15.7 Å². The van der Waals surface area contributed by atoms with Gasteiger partial charge in [-0.3, -0.25) is 0 Å². The zero-order valence-electron chi connectivity index (χ0n) is 11.3. The molecule has 1 aromatic carbocycles. The summed E-state index contributed by atoms with van der Waals surface area (Å²) in [6, 6.07) is 6.71. The summed E-state index contributed by atoms with van der Waals surface area (Å²) < 4.78 is 22.6. The van der Waals surface area contributed by atoms with Crippen molar-refractivity contribution in [2.75, 3.05) is 11.9 Å². The molecule has 2 atom stereocenters. The van der Waals surface area contributed by atoms with E-state index in [9.17, 15) is 8.42 Å². The third kappa shape index (κ3) is 4.21. The van der Waals surface area contributed by atoms with Crippen LogP contribution in [0.15, 0.2) is 29.2 Å². The molecule has 0 saturated heterocycles. The summed E-state index contributed by atoms with van der Waals surface area (Å²) in [6.45, 7) is 3.20. The van der Waals surface area contributed by atoms with Crippen LogP contribution in [-0.2, 0) is 10.0 Å². The molecule has 1 aliphatic carbocycles. The Kier molecular flexibility index (Phi) is 4.47. The second-order valence-corrected chi connectivity index (χ2v) is 7.15. The van der Waals surface area contributed by atoms with Gasteiger partial charge in [0.1, 0.15) is 0 Å². The molecule has 2 unspecified atom stereocenters. The molecule has 5 heteroatoms. The molecule has 0 heterocycles. The van der Waals surface area contributed by atoms with Crippen LogP contribution in [0.25, 0.3) is 0 Å². The number of primary sulfonamides is 1. The lowest BCUT2D eigenvalue weighted by molar-refractivity contribution is 0.293. The zero-order chi connectivity index (χ0) is 13.9. The minimum absolute atomic E-state index is 0.162. The number of anilines is 1. The molecule has 1 fully saturated rings. The summed E-state index contributed by atoms with van der Waals surface area (Å²) in [7, 11) is -3.62. The number of hydrogen-bond acceptors (Lipinski definition) is 3. The number of hydrogen-bond donors (Lipinski definition) is 2. The van der Waals surface area contributed by atoms with E-state index in [4.69, 9.17) is 5.14 Å². The van der Waals surface area contributed by atoms with E-state index in [1.54, 1.807) is 12.1 Å². The van der Waals surface area contributed by atoms with Gasteiger partial charge in [0.25, 0.3) is 0 Å². The third-order valence-corrected chi connectivity index (χ3v) is 4.71. The minimum atomic E-state index is -3.62. The Morgan fingerprint density at radius 1 is 1.37 bits per heavy atom. The average Bonchev–Trinajstić information content (AvgIpc) is 2.36. The van der Waals surface area contributed by atoms with Gasteiger partial charge in [0.05, 0.1) is 4.90 Å². The standard InChI is InChI=1S/C14H22N2O2S/c1-11-4-2-5-12(8-11)10-16-13-6-3-7-14(9-13)19(15,17)18/h3,6-7,9,11-12,16H,2,4-5,8,10H2,1H3,(H2,15,17,18). The molecule has 3 N–H and O–H groups in total. The molecule has 1 aliphatic rings. The van der Waals surface area contributed by atoms with Crippen LogP contribution in [0.4, 0.5) is 5.69 Å². The molecular formula is C14H22N2O2S. The van der Waals surface area contributed by atoms with Crippen molar-refractivity contribution in [1.29, 1.82) is 0 Å². The average molecular weight is 282 g/mol. The fourth-order valence-electron chi connectivity index (χ4n) is 2.79. The van der Waals surface area contributed by atoms with Gasteiger partial charge in [0, 0.05) is 12.2 Å². The highest BCUT2D eigenvalue weighted by Gasteiger charge is 2.18. The van der Waals surface area contributed by atoms with Crippen molar-refractivity contribution in [3.8, 4) is 0 Å². The quantitative estimate of drug-likeness (QED) is 0.891. The van der Waals surface area contributed by atoms with Crippen molar-refractivity contribution < 1.29 is 8.42 Å². The maximum Gasteiger partial charge on any atom is 0.238 e. The second kappa shape index (κ2) is 5.92. The van der Waals surface area contributed by atoms with Crippen LogP contribution < -0.4 is 10.5 Å². The normalized spacial score (nSPS) is 24.1. The van der Waals surface area contributed by atoms with Gasteiger partial charge in [-0.05, 0) is 42.9 Å². The van der Waals surface area contributed by atoms with Crippen LogP contribution in [0, 0.1) is 11.8 Å². The Labute approximate surface area is 115 Å². The molecule has 0 amide bonds. The first-order chi connectivity index (χ1) is 8.95. The molecule has 0 aliphatic heterocycles. The SMILES string of the molecule is CC1CCCC(CNc2cccc(S(N)(=O)=O)c2)C1. The Balaban J connectivity index is 1.96. The van der Waals surface area contributed by atoms with Crippen LogP contribution in [0.5, 0.6) is 0 Å². The van der Waals surface area contributed by atoms with Crippen molar-refractivity contribution in [3.05, 3.63) is 24.3 Å². The Morgan fingerprint density at radius 2 is 2.16 bits per heavy atom. The molecule has 2 rings (SSSR count). The predicted molar refractivity (Wildman–Crippen MR) is 77.4 cm³/mol. The maximum absolute atomic E-state index is 11.3. The Bertz CT molecular complexity index is 528. The van der Waals surface area contributed by atoms with Crippen LogP contribution in [0.1, 0.15) is 32.6 Å². The molecule has 0 radical (unpaired) electrons. The van der Waals surface area contributed by atoms with Gasteiger partial charge < -0.3 is 5.32 Å². The first kappa shape index (κ1) is 14.3. The molecule has 0 spiro atoms. The van der Waals surface area contributed by atoms with Crippen molar-refractivity contribution in [2.45, 2.75) is 37.5 Å². The van der Waals surface area contributed by atoms with Gasteiger partial charge >= 0.3 is 0 Å². The first-order valence-corrected chi connectivity index (χ1v) is 8.36. The molecule has 0 aromatic heterocycles. The smallest absolute Gasteiger partial charge is 0.238 e. The van der Waals surface area contributed by atoms with Gasteiger partial charge in [-0.15, -0.1) is 0 Å². The van der Waals surface area contributed by atoms with E-state index in [2.05, 4.69) is 12.2 Å². The van der Waals surface area contributed by atoms with Gasteiger partial charge in [0.15, 0.2) is 0 Å². The van der Waals surface area contributed by atoms with Crippen molar-refractivity contribution in [2.24, 2.45) is 17.0 Å². The summed E-state index contributed by atoms with van der Waals surface area (Å²) >= 11 is 0. The number of nitrogens with two attached hydrogens (primary N) is 1. The summed E-state index contributed by atoms with van der Waals surface area (Å²) in [4.78, 5) is 0.162. The minimum Gasteiger partial charge on any atom is -0.385 e. The molecule has 4 nitrogen and oxygen atoms in total. The van der Waals surface area contributed by atoms with Crippen molar-refractivity contribution in [1.82, 2.24) is 0 Å². The lowest BCUT2D eigenvalue weighted by Gasteiger charge is -2.27. The summed E-state index contributed by atoms with van der Waals surface area (Å²) in [5, 5.41) is 8.45. The molecule has 19 heavy (non-hydrogen) atoms. The van der Waals surface area contributed by atoms with E-state index < -0.39 is 10.0 Å². The number of benzene rings is 1. The van der Waals surface area contributed by atoms with Crippen LogP contribution in [0.2, 0.25) is 0 Å². The molecular weight excluding hydrogens is 260 g/mol. The van der Waals surface area contributed by atoms with E-state index >= 15 is 0 Å². The highest BCUT2D eigenvalue weighted by molar-refractivity contribution is 7.89. The number of sulfonamides is 1. The number of rotatable bonds is 4. The largest absolute Gasteiger partial charge is 0.385 e. The first-order valence-electron chi connectivity index (χ1n) is 6.82. The number of nitrogens with one attached hydrogen (secondary N) is 1. The molecule has 106 valence electrons. The maximum atomic E-state index is 11.3. The summed E-state index contributed by atoms with van der Waals surface area (Å²) in [5.74, 6) is 1.48. The fraction of sp³-hybridized carbons (Fsp3) is 0.571. The van der Waals surface area contributed by atoms with Gasteiger partial charge in [0.2, 0.25) is 10.0 Å². The Morgan fingerprint density at radius 3 is 2.84 bits per heavy atom. The lowest BCUT2D eigenvalue weighted by Crippen LogP contribution is -2.21. The van der Waals surface area contributed by atoms with Crippen molar-refractivity contribution in [3.63, 3.8) is 0 Å². The van der Waals surface area contributed by atoms with Gasteiger partial charge in [-0.2, -0.15) is 0 Å². The monoisotopic (exact) mass is 282 g/mol. The summed E-state index contributed by atoms with van der Waals surface area (Å²) in [5.41, 5.74) is 0.824. The van der Waals surface area contributed by atoms with E-state index in [1.807, 2.05) is 6.07 Å². The molecule has 1 saturated carbocycles. The van der Waals surface area contributed by atoms with Crippen LogP contribution in [0.3, 0.4) is 0 Å². The van der Waals surface area contributed by atoms with Crippen LogP contribution >= 0.6 is 0 Å². The van der Waals surface area contributed by atoms with Gasteiger partial charge in [-0.1, -0.05) is 25.8 Å². The zero-order valence-corrected chi connectivity index (χ0v) is 12.1. The fourth-order valence-corrected chi connectivity index (χ4v) is 3.35. The van der Waals surface area contributed by atoms with Crippen LogP contribution in [-0.4, -0.2) is 15.0 Å². The van der Waals surface area contributed by atoms with Gasteiger partial charge in [-0.25, -0.2) is 13.6 Å². The van der Waals surface area contributed by atoms with E-state index in [0.29, 0.717) is 5.92 Å².